The Morgan fingerprint density at radius 3 is 1.79 bits per heavy atom. The molecular weight excluding hydrogens is 702 g/mol. The van der Waals surface area contributed by atoms with Gasteiger partial charge >= 0.3 is 0 Å². The van der Waals surface area contributed by atoms with Gasteiger partial charge in [-0.25, -0.2) is 8.78 Å². The van der Waals surface area contributed by atoms with Crippen LogP contribution in [0.25, 0.3) is 0 Å². The summed E-state index contributed by atoms with van der Waals surface area (Å²) in [7, 11) is 1.51. The van der Waals surface area contributed by atoms with Gasteiger partial charge in [0, 0.05) is 17.7 Å². The first-order valence-electron chi connectivity index (χ1n) is 17.3. The minimum Gasteiger partial charge on any atom is -0.488 e. The van der Waals surface area contributed by atoms with Crippen LogP contribution in [0.15, 0.2) is 133 Å². The monoisotopic (exact) mass is 742 g/mol. The van der Waals surface area contributed by atoms with Crippen LogP contribution in [-0.4, -0.2) is 50.8 Å². The average molecular weight is 743 g/mol. The fourth-order valence-electron chi connectivity index (χ4n) is 6.41. The van der Waals surface area contributed by atoms with E-state index in [1.54, 1.807) is 36.4 Å². The predicted octanol–water partition coefficient (Wildman–Crippen LogP) is 8.73. The third kappa shape index (κ3) is 9.74. The lowest BCUT2D eigenvalue weighted by Crippen LogP contribution is -2.65. The lowest BCUT2D eigenvalue weighted by Gasteiger charge is -2.51. The summed E-state index contributed by atoms with van der Waals surface area (Å²) in [5.74, 6) is -1.31. The summed E-state index contributed by atoms with van der Waals surface area (Å²) in [6.07, 6.45) is -5.26. The van der Waals surface area contributed by atoms with E-state index in [4.69, 9.17) is 40.0 Å². The first kappa shape index (κ1) is 38.3. The number of benzene rings is 5. The Balaban J connectivity index is 1.38. The van der Waals surface area contributed by atoms with Crippen LogP contribution in [0.2, 0.25) is 5.02 Å². The van der Waals surface area contributed by atoms with E-state index in [1.165, 1.54) is 7.11 Å². The number of hydrogen-bond acceptors (Lipinski definition) is 7. The van der Waals surface area contributed by atoms with Crippen LogP contribution in [0.3, 0.4) is 0 Å². The standard InChI is InChI=1S/C43H41ClF2O7/c1-48-43(35-19-22-37(44)34(24-35)23-30-17-20-36(21-18-30)49-29-39(45)46)42(52-28-33-15-9-4-10-16-33)41(51-27-32-13-7-3-8-14-32)40(38(25-47)53-43)50-26-31-11-5-2-6-12-31/h2-22,24-25,38-42H,23,26-29H2,1H3/t38-,40-,41+,42-,43+/m1/s1. The fourth-order valence-corrected chi connectivity index (χ4v) is 6.60. The maximum atomic E-state index is 13.0. The molecule has 0 saturated carbocycles. The predicted molar refractivity (Wildman–Crippen MR) is 197 cm³/mol. The van der Waals surface area contributed by atoms with Crippen molar-refractivity contribution >= 4 is 17.9 Å². The zero-order valence-corrected chi connectivity index (χ0v) is 29.9. The van der Waals surface area contributed by atoms with Crippen LogP contribution in [0, 0.1) is 0 Å². The largest absolute Gasteiger partial charge is 0.488 e. The van der Waals surface area contributed by atoms with Crippen molar-refractivity contribution in [3.05, 3.63) is 172 Å². The van der Waals surface area contributed by atoms with Gasteiger partial charge in [-0.05, 0) is 58.5 Å². The van der Waals surface area contributed by atoms with Crippen molar-refractivity contribution in [2.24, 2.45) is 0 Å². The molecule has 1 aliphatic rings. The van der Waals surface area contributed by atoms with Gasteiger partial charge in [0.2, 0.25) is 5.79 Å². The number of carbonyl (C=O) groups is 1. The van der Waals surface area contributed by atoms with Crippen LogP contribution in [-0.2, 0) is 60.5 Å². The molecule has 0 spiro atoms. The molecule has 6 rings (SSSR count). The quantitative estimate of drug-likeness (QED) is 0.0883. The molecular formula is C43H41ClF2O7. The normalized spacial score (nSPS) is 21.4. The van der Waals surface area contributed by atoms with Crippen molar-refractivity contribution < 1.29 is 42.0 Å². The number of hydrogen-bond donors (Lipinski definition) is 0. The summed E-state index contributed by atoms with van der Waals surface area (Å²) < 4.78 is 63.5. The van der Waals surface area contributed by atoms with E-state index in [0.29, 0.717) is 29.0 Å². The number of alkyl halides is 2. The first-order chi connectivity index (χ1) is 25.9. The Morgan fingerprint density at radius 2 is 1.26 bits per heavy atom. The van der Waals surface area contributed by atoms with Gasteiger partial charge < -0.3 is 33.2 Å². The zero-order valence-electron chi connectivity index (χ0n) is 29.2. The van der Waals surface area contributed by atoms with Crippen LogP contribution in [0.1, 0.15) is 33.4 Å². The van der Waals surface area contributed by atoms with Gasteiger partial charge in [-0.2, -0.15) is 0 Å². The van der Waals surface area contributed by atoms with Crippen molar-refractivity contribution in [2.45, 2.75) is 62.9 Å². The Morgan fingerprint density at radius 1 is 0.717 bits per heavy atom. The highest BCUT2D eigenvalue weighted by molar-refractivity contribution is 6.31. The number of halogens is 3. The van der Waals surface area contributed by atoms with Gasteiger partial charge in [0.15, 0.2) is 6.29 Å². The van der Waals surface area contributed by atoms with E-state index in [0.717, 1.165) is 27.8 Å². The number of carbonyl (C=O) groups excluding carboxylic acids is 1. The first-order valence-corrected chi connectivity index (χ1v) is 17.7. The summed E-state index contributed by atoms with van der Waals surface area (Å²) in [6, 6.07) is 41.4. The third-order valence-corrected chi connectivity index (χ3v) is 9.42. The molecule has 7 nitrogen and oxygen atoms in total. The molecule has 1 heterocycles. The molecule has 5 aromatic carbocycles. The Kier molecular flexibility index (Phi) is 13.4. The minimum atomic E-state index is -2.57. The van der Waals surface area contributed by atoms with Crippen LogP contribution in [0.5, 0.6) is 5.75 Å². The highest BCUT2D eigenvalue weighted by Crippen LogP contribution is 2.44. The van der Waals surface area contributed by atoms with E-state index >= 15 is 0 Å². The van der Waals surface area contributed by atoms with Gasteiger partial charge in [-0.15, -0.1) is 0 Å². The van der Waals surface area contributed by atoms with Crippen LogP contribution in [0.4, 0.5) is 8.78 Å². The van der Waals surface area contributed by atoms with E-state index in [2.05, 4.69) is 0 Å². The fraction of sp³-hybridized carbons (Fsp3) is 0.279. The van der Waals surface area contributed by atoms with Crippen molar-refractivity contribution in [1.82, 2.24) is 0 Å². The Hall–Kier alpha value is -4.48. The summed E-state index contributed by atoms with van der Waals surface area (Å²) in [5, 5.41) is 0.489. The van der Waals surface area contributed by atoms with Gasteiger partial charge in [0.1, 0.15) is 36.8 Å². The minimum absolute atomic E-state index is 0.183. The molecule has 5 aromatic rings. The molecule has 0 bridgehead atoms. The number of ether oxygens (including phenoxy) is 6. The van der Waals surface area contributed by atoms with Gasteiger partial charge in [-0.3, -0.25) is 0 Å². The molecule has 0 aliphatic carbocycles. The highest BCUT2D eigenvalue weighted by Gasteiger charge is 2.58. The van der Waals surface area contributed by atoms with E-state index in [1.807, 2.05) is 97.1 Å². The second-order valence-corrected chi connectivity index (χ2v) is 13.1. The summed E-state index contributed by atoms with van der Waals surface area (Å²) in [6.45, 7) is -0.0956. The second-order valence-electron chi connectivity index (χ2n) is 12.7. The van der Waals surface area contributed by atoms with Gasteiger partial charge in [0.05, 0.1) is 19.8 Å². The third-order valence-electron chi connectivity index (χ3n) is 9.05. The molecule has 10 heteroatoms. The van der Waals surface area contributed by atoms with Crippen LogP contribution < -0.4 is 4.74 Å². The molecule has 1 aliphatic heterocycles. The molecule has 0 unspecified atom stereocenters. The van der Waals surface area contributed by atoms with Crippen molar-refractivity contribution in [3.63, 3.8) is 0 Å². The lowest BCUT2D eigenvalue weighted by atomic mass is 9.86. The Bertz CT molecular complexity index is 1870. The molecule has 5 atom stereocenters. The number of methoxy groups -OCH3 is 1. The maximum Gasteiger partial charge on any atom is 0.272 e. The zero-order chi connectivity index (χ0) is 37.0. The molecule has 0 N–H and O–H groups in total. The topological polar surface area (TPSA) is 72.5 Å². The van der Waals surface area contributed by atoms with Crippen molar-refractivity contribution in [2.75, 3.05) is 13.7 Å². The SMILES string of the molecule is CO[C@@]1(c2ccc(Cl)c(Cc3ccc(OCC(F)F)cc3)c2)O[C@H](C=O)[C@@H](OCc2ccccc2)[C@H](OCc2ccccc2)[C@H]1OCc1ccccc1. The molecule has 0 amide bonds. The van der Waals surface area contributed by atoms with Crippen molar-refractivity contribution in [3.8, 4) is 5.75 Å². The summed E-state index contributed by atoms with van der Waals surface area (Å²) in [5.41, 5.74) is 4.91. The summed E-state index contributed by atoms with van der Waals surface area (Å²) in [4.78, 5) is 13.0. The van der Waals surface area contributed by atoms with E-state index in [9.17, 15) is 13.6 Å². The maximum absolute atomic E-state index is 13.0. The Labute approximate surface area is 313 Å². The molecule has 0 aromatic heterocycles. The molecule has 1 fully saturated rings. The molecule has 0 radical (unpaired) electrons. The summed E-state index contributed by atoms with van der Waals surface area (Å²) >= 11 is 6.77. The van der Waals surface area contributed by atoms with E-state index in [-0.39, 0.29) is 19.8 Å². The van der Waals surface area contributed by atoms with Gasteiger partial charge in [-0.1, -0.05) is 121 Å². The molecule has 276 valence electrons. The number of aldehydes is 1. The van der Waals surface area contributed by atoms with Gasteiger partial charge in [0.25, 0.3) is 6.43 Å². The molecule has 1 saturated heterocycles. The number of rotatable bonds is 17. The van der Waals surface area contributed by atoms with Crippen LogP contribution >= 0.6 is 11.6 Å². The smallest absolute Gasteiger partial charge is 0.272 e. The average Bonchev–Trinajstić information content (AvgIpc) is 3.20. The second kappa shape index (κ2) is 18.5. The molecule has 53 heavy (non-hydrogen) atoms. The lowest BCUT2D eigenvalue weighted by molar-refractivity contribution is -0.373. The van der Waals surface area contributed by atoms with Crippen molar-refractivity contribution in [1.29, 1.82) is 0 Å². The highest BCUT2D eigenvalue weighted by atomic mass is 35.5. The van der Waals surface area contributed by atoms with E-state index < -0.39 is 43.2 Å².